The summed E-state index contributed by atoms with van der Waals surface area (Å²) < 4.78 is 5.95. The molecule has 2 saturated carbocycles. The Bertz CT molecular complexity index is 592. The van der Waals surface area contributed by atoms with Gasteiger partial charge in [0.05, 0.1) is 6.10 Å². The van der Waals surface area contributed by atoms with Gasteiger partial charge in [0.15, 0.2) is 0 Å². The molecule has 130 valence electrons. The fraction of sp³-hybridized carbons (Fsp3) is 0.650. The van der Waals surface area contributed by atoms with E-state index in [2.05, 4.69) is 5.32 Å². The highest BCUT2D eigenvalue weighted by atomic mass is 16.5. The molecule has 4 heteroatoms. The van der Waals surface area contributed by atoms with Crippen molar-refractivity contribution in [2.45, 2.75) is 57.1 Å². The SMILES string of the molecule is O=C(CCc1cccc(O)c1)N[C@H]1[C@H]2CCO[C@H]2[C@H]1C1CCCC1. The van der Waals surface area contributed by atoms with Gasteiger partial charge < -0.3 is 15.2 Å². The number of phenolic OH excluding ortho intramolecular Hbond substituents is 1. The van der Waals surface area contributed by atoms with E-state index in [4.69, 9.17) is 4.74 Å². The number of carbonyl (C=O) groups is 1. The number of carbonyl (C=O) groups excluding carboxylic acids is 1. The standard InChI is InChI=1S/C20H27NO3/c22-15-7-3-4-13(12-15)8-9-17(23)21-19-16-10-11-24-20(16)18(19)14-5-1-2-6-14/h3-4,7,12,14,16,18-20,22H,1-2,5-6,8-11H2,(H,21,23)/t16-,18+,19+,20-/m1/s1. The van der Waals surface area contributed by atoms with Crippen molar-refractivity contribution in [2.75, 3.05) is 6.61 Å². The molecule has 2 aliphatic carbocycles. The average Bonchev–Trinajstić information content (AvgIpc) is 3.22. The Morgan fingerprint density at radius 3 is 2.88 bits per heavy atom. The van der Waals surface area contributed by atoms with Crippen molar-refractivity contribution in [3.05, 3.63) is 29.8 Å². The van der Waals surface area contributed by atoms with Gasteiger partial charge in [-0.05, 0) is 36.5 Å². The van der Waals surface area contributed by atoms with E-state index in [0.717, 1.165) is 24.5 Å². The number of nitrogens with one attached hydrogen (secondary N) is 1. The van der Waals surface area contributed by atoms with Gasteiger partial charge >= 0.3 is 0 Å². The summed E-state index contributed by atoms with van der Waals surface area (Å²) in [6.45, 7) is 0.855. The van der Waals surface area contributed by atoms with Gasteiger partial charge in [-0.3, -0.25) is 4.79 Å². The molecular formula is C20H27NO3. The molecule has 1 heterocycles. The number of hydrogen-bond acceptors (Lipinski definition) is 3. The van der Waals surface area contributed by atoms with E-state index in [1.165, 1.54) is 25.7 Å². The molecule has 0 unspecified atom stereocenters. The van der Waals surface area contributed by atoms with Crippen molar-refractivity contribution in [1.29, 1.82) is 0 Å². The summed E-state index contributed by atoms with van der Waals surface area (Å²) in [4.78, 5) is 12.4. The van der Waals surface area contributed by atoms with Gasteiger partial charge in [-0.25, -0.2) is 0 Å². The van der Waals surface area contributed by atoms with Crippen molar-refractivity contribution >= 4 is 5.91 Å². The monoisotopic (exact) mass is 329 g/mol. The van der Waals surface area contributed by atoms with Crippen LogP contribution in [0.4, 0.5) is 0 Å². The lowest BCUT2D eigenvalue weighted by atomic mass is 9.61. The lowest BCUT2D eigenvalue weighted by Crippen LogP contribution is -2.63. The molecule has 24 heavy (non-hydrogen) atoms. The highest BCUT2D eigenvalue weighted by molar-refractivity contribution is 5.76. The molecule has 4 rings (SSSR count). The molecule has 1 amide bonds. The quantitative estimate of drug-likeness (QED) is 0.873. The average molecular weight is 329 g/mol. The summed E-state index contributed by atoms with van der Waals surface area (Å²) in [6, 6.07) is 7.49. The first-order chi connectivity index (χ1) is 11.7. The number of hydrogen-bond donors (Lipinski definition) is 2. The van der Waals surface area contributed by atoms with Crippen LogP contribution >= 0.6 is 0 Å². The molecule has 1 saturated heterocycles. The molecule has 0 bridgehead atoms. The third-order valence-electron chi connectivity index (χ3n) is 6.26. The van der Waals surface area contributed by atoms with Gasteiger partial charge in [0.2, 0.25) is 5.91 Å². The van der Waals surface area contributed by atoms with E-state index < -0.39 is 0 Å². The van der Waals surface area contributed by atoms with Crippen LogP contribution in [0.25, 0.3) is 0 Å². The number of aromatic hydroxyl groups is 1. The lowest BCUT2D eigenvalue weighted by Gasteiger charge is -2.50. The molecule has 4 nitrogen and oxygen atoms in total. The number of rotatable bonds is 5. The molecule has 1 aliphatic heterocycles. The maximum Gasteiger partial charge on any atom is 0.220 e. The Morgan fingerprint density at radius 2 is 2.08 bits per heavy atom. The van der Waals surface area contributed by atoms with Crippen LogP contribution in [0.5, 0.6) is 5.75 Å². The zero-order valence-electron chi connectivity index (χ0n) is 14.1. The van der Waals surface area contributed by atoms with E-state index >= 15 is 0 Å². The molecule has 3 aliphatic rings. The molecular weight excluding hydrogens is 302 g/mol. The minimum absolute atomic E-state index is 0.136. The minimum Gasteiger partial charge on any atom is -0.508 e. The van der Waals surface area contributed by atoms with Crippen molar-refractivity contribution in [3.63, 3.8) is 0 Å². The Labute approximate surface area is 143 Å². The molecule has 2 N–H and O–H groups in total. The largest absolute Gasteiger partial charge is 0.508 e. The van der Waals surface area contributed by atoms with E-state index in [1.807, 2.05) is 12.1 Å². The summed E-state index contributed by atoms with van der Waals surface area (Å²) >= 11 is 0. The zero-order chi connectivity index (χ0) is 16.5. The maximum absolute atomic E-state index is 12.4. The first-order valence-corrected chi connectivity index (χ1v) is 9.41. The topological polar surface area (TPSA) is 58.6 Å². The number of benzene rings is 1. The molecule has 0 spiro atoms. The predicted molar refractivity (Wildman–Crippen MR) is 91.7 cm³/mol. The van der Waals surface area contributed by atoms with Gasteiger partial charge in [0.25, 0.3) is 0 Å². The van der Waals surface area contributed by atoms with E-state index in [-0.39, 0.29) is 11.7 Å². The van der Waals surface area contributed by atoms with Crippen molar-refractivity contribution < 1.29 is 14.6 Å². The Kier molecular flexibility index (Phi) is 4.49. The molecule has 1 aromatic rings. The Hall–Kier alpha value is -1.55. The predicted octanol–water partition coefficient (Wildman–Crippen LogP) is 3.03. The van der Waals surface area contributed by atoms with Crippen LogP contribution in [0.1, 0.15) is 44.1 Å². The smallest absolute Gasteiger partial charge is 0.220 e. The van der Waals surface area contributed by atoms with Crippen LogP contribution < -0.4 is 5.32 Å². The normalized spacial score (nSPS) is 32.3. The molecule has 1 aromatic carbocycles. The van der Waals surface area contributed by atoms with Gasteiger partial charge in [-0.2, -0.15) is 0 Å². The fourth-order valence-corrected chi connectivity index (χ4v) is 5.09. The highest BCUT2D eigenvalue weighted by Crippen LogP contribution is 2.51. The van der Waals surface area contributed by atoms with Gasteiger partial charge in [-0.15, -0.1) is 0 Å². The summed E-state index contributed by atoms with van der Waals surface area (Å²) in [5.74, 6) is 2.20. The third kappa shape index (κ3) is 3.04. The number of amides is 1. The molecule has 4 atom stereocenters. The number of ether oxygens (including phenoxy) is 1. The van der Waals surface area contributed by atoms with Crippen molar-refractivity contribution in [1.82, 2.24) is 5.32 Å². The summed E-state index contributed by atoms with van der Waals surface area (Å²) in [5.41, 5.74) is 1.01. The van der Waals surface area contributed by atoms with Crippen molar-refractivity contribution in [2.24, 2.45) is 17.8 Å². The van der Waals surface area contributed by atoms with Crippen LogP contribution in [-0.4, -0.2) is 29.8 Å². The van der Waals surface area contributed by atoms with Gasteiger partial charge in [0, 0.05) is 30.9 Å². The van der Waals surface area contributed by atoms with Gasteiger partial charge in [-0.1, -0.05) is 37.8 Å². The van der Waals surface area contributed by atoms with Crippen LogP contribution in [-0.2, 0) is 16.0 Å². The zero-order valence-corrected chi connectivity index (χ0v) is 14.1. The lowest BCUT2D eigenvalue weighted by molar-refractivity contribution is -0.129. The highest BCUT2D eigenvalue weighted by Gasteiger charge is 2.56. The van der Waals surface area contributed by atoms with E-state index in [0.29, 0.717) is 36.8 Å². The number of aryl methyl sites for hydroxylation is 1. The minimum atomic E-state index is 0.136. The maximum atomic E-state index is 12.4. The fourth-order valence-electron chi connectivity index (χ4n) is 5.09. The van der Waals surface area contributed by atoms with Crippen LogP contribution in [0.2, 0.25) is 0 Å². The summed E-state index contributed by atoms with van der Waals surface area (Å²) in [7, 11) is 0. The van der Waals surface area contributed by atoms with E-state index in [1.54, 1.807) is 12.1 Å². The first-order valence-electron chi connectivity index (χ1n) is 9.41. The van der Waals surface area contributed by atoms with Crippen LogP contribution in [0.15, 0.2) is 24.3 Å². The molecule has 0 radical (unpaired) electrons. The van der Waals surface area contributed by atoms with E-state index in [9.17, 15) is 9.90 Å². The Balaban J connectivity index is 1.34. The van der Waals surface area contributed by atoms with Crippen LogP contribution in [0.3, 0.4) is 0 Å². The second-order valence-corrected chi connectivity index (χ2v) is 7.67. The number of fused-ring (bicyclic) bond motifs is 1. The first kappa shape index (κ1) is 15.9. The molecule has 0 aromatic heterocycles. The van der Waals surface area contributed by atoms with Crippen molar-refractivity contribution in [3.8, 4) is 5.75 Å². The third-order valence-corrected chi connectivity index (χ3v) is 6.26. The summed E-state index contributed by atoms with van der Waals surface area (Å²) in [6.07, 6.45) is 7.89. The van der Waals surface area contributed by atoms with Crippen LogP contribution in [0, 0.1) is 17.8 Å². The Morgan fingerprint density at radius 1 is 1.25 bits per heavy atom. The second kappa shape index (κ2) is 6.75. The molecule has 3 fully saturated rings. The second-order valence-electron chi connectivity index (χ2n) is 7.67. The number of phenols is 1. The van der Waals surface area contributed by atoms with Gasteiger partial charge in [0.1, 0.15) is 5.75 Å². The summed E-state index contributed by atoms with van der Waals surface area (Å²) in [5, 5.41) is 12.8.